The zero-order valence-electron chi connectivity index (χ0n) is 50.4. The second kappa shape index (κ2) is 64.6. The van der Waals surface area contributed by atoms with Crippen LogP contribution in [0.1, 0.15) is 303 Å². The lowest BCUT2D eigenvalue weighted by atomic mass is 10.0. The summed E-state index contributed by atoms with van der Waals surface area (Å²) in [4.78, 5) is 38.3. The number of ether oxygens (including phenoxy) is 3. The second-order valence-electron chi connectivity index (χ2n) is 21.3. The van der Waals surface area contributed by atoms with E-state index in [0.717, 1.165) is 135 Å². The van der Waals surface area contributed by atoms with Crippen molar-refractivity contribution in [3.63, 3.8) is 0 Å². The Morgan fingerprint density at radius 1 is 0.273 bits per heavy atom. The molecule has 440 valence electrons. The summed E-state index contributed by atoms with van der Waals surface area (Å²) < 4.78 is 16.9. The molecule has 77 heavy (non-hydrogen) atoms. The Balaban J connectivity index is 4.28. The Bertz CT molecular complexity index is 1560. The van der Waals surface area contributed by atoms with Crippen LogP contribution in [0.2, 0.25) is 0 Å². The Morgan fingerprint density at radius 2 is 0.506 bits per heavy atom. The van der Waals surface area contributed by atoms with Gasteiger partial charge in [-0.2, -0.15) is 0 Å². The number of carbonyl (C=O) groups is 3. The van der Waals surface area contributed by atoms with E-state index in [1.807, 2.05) is 0 Å². The standard InChI is InChI=1S/C71H120O6/c1-4-7-10-13-16-19-22-25-28-29-30-31-32-33-34-35-36-37-38-39-40-41-44-46-49-52-55-58-61-64-70(73)76-67-68(77-71(74)65-62-59-56-53-50-47-43-27-24-21-18-15-12-9-6-3)66-75-69(72)63-60-57-54-51-48-45-42-26-23-20-17-14-11-8-5-2/h7,9-10,12,16,18-19,21,25-28,30-31,33-34,42-43,68H,4-6,8,11,13-15,17,20,22-24,29,32,35-41,44-67H2,1-3H3/b10-7-,12-9-,19-16-,21-18-,28-25-,31-30-,34-33-,42-26-,43-27-. The summed E-state index contributed by atoms with van der Waals surface area (Å²) in [5.41, 5.74) is 0. The van der Waals surface area contributed by atoms with Crippen LogP contribution >= 0.6 is 0 Å². The van der Waals surface area contributed by atoms with Crippen LogP contribution in [0.3, 0.4) is 0 Å². The number of hydrogen-bond donors (Lipinski definition) is 0. The molecular weight excluding hydrogens is 949 g/mol. The van der Waals surface area contributed by atoms with Crippen molar-refractivity contribution in [2.24, 2.45) is 0 Å². The minimum atomic E-state index is -0.792. The molecule has 0 aromatic rings. The molecule has 0 spiro atoms. The molecule has 0 fully saturated rings. The summed E-state index contributed by atoms with van der Waals surface area (Å²) in [6.07, 6.45) is 88.1. The first-order chi connectivity index (χ1) is 38.0. The Morgan fingerprint density at radius 3 is 0.805 bits per heavy atom. The van der Waals surface area contributed by atoms with Gasteiger partial charge in [0.2, 0.25) is 0 Å². The van der Waals surface area contributed by atoms with Crippen LogP contribution in [0.5, 0.6) is 0 Å². The molecule has 0 amide bonds. The van der Waals surface area contributed by atoms with Gasteiger partial charge in [-0.1, -0.05) is 271 Å². The molecule has 0 aliphatic heterocycles. The maximum atomic E-state index is 12.9. The van der Waals surface area contributed by atoms with Crippen LogP contribution < -0.4 is 0 Å². The lowest BCUT2D eigenvalue weighted by molar-refractivity contribution is -0.167. The molecule has 0 aromatic heterocycles. The fraction of sp³-hybridized carbons (Fsp3) is 0.704. The van der Waals surface area contributed by atoms with Gasteiger partial charge in [-0.05, 0) is 122 Å². The van der Waals surface area contributed by atoms with E-state index in [0.29, 0.717) is 19.3 Å². The summed E-state index contributed by atoms with van der Waals surface area (Å²) in [6, 6.07) is 0. The van der Waals surface area contributed by atoms with E-state index in [1.165, 1.54) is 128 Å². The lowest BCUT2D eigenvalue weighted by Gasteiger charge is -2.18. The third kappa shape index (κ3) is 62.8. The summed E-state index contributed by atoms with van der Waals surface area (Å²) in [5, 5.41) is 0. The third-order valence-electron chi connectivity index (χ3n) is 13.7. The van der Waals surface area contributed by atoms with Gasteiger partial charge in [0.05, 0.1) is 0 Å². The molecular formula is C71H120O6. The monoisotopic (exact) mass is 1070 g/mol. The van der Waals surface area contributed by atoms with Crippen LogP contribution in [0, 0.1) is 0 Å². The lowest BCUT2D eigenvalue weighted by Crippen LogP contribution is -2.30. The van der Waals surface area contributed by atoms with E-state index in [1.54, 1.807) is 0 Å². The van der Waals surface area contributed by atoms with Crippen LogP contribution in [-0.4, -0.2) is 37.2 Å². The van der Waals surface area contributed by atoms with Gasteiger partial charge in [-0.15, -0.1) is 0 Å². The van der Waals surface area contributed by atoms with Gasteiger partial charge in [0.1, 0.15) is 13.2 Å². The van der Waals surface area contributed by atoms with Gasteiger partial charge in [-0.3, -0.25) is 14.4 Å². The van der Waals surface area contributed by atoms with E-state index in [2.05, 4.69) is 130 Å². The van der Waals surface area contributed by atoms with Crippen molar-refractivity contribution in [3.05, 3.63) is 109 Å². The van der Waals surface area contributed by atoms with Crippen molar-refractivity contribution in [2.75, 3.05) is 13.2 Å². The van der Waals surface area contributed by atoms with Gasteiger partial charge >= 0.3 is 17.9 Å². The number of unbranched alkanes of at least 4 members (excludes halogenated alkanes) is 29. The summed E-state index contributed by atoms with van der Waals surface area (Å²) in [7, 11) is 0. The maximum Gasteiger partial charge on any atom is 0.306 e. The number of carbonyl (C=O) groups excluding carboxylic acids is 3. The smallest absolute Gasteiger partial charge is 0.306 e. The molecule has 1 atom stereocenters. The van der Waals surface area contributed by atoms with E-state index < -0.39 is 6.10 Å². The molecule has 0 aliphatic rings. The highest BCUT2D eigenvalue weighted by Gasteiger charge is 2.19. The molecule has 0 aromatic carbocycles. The number of hydrogen-bond acceptors (Lipinski definition) is 6. The van der Waals surface area contributed by atoms with Gasteiger partial charge in [-0.25, -0.2) is 0 Å². The molecule has 0 rings (SSSR count). The van der Waals surface area contributed by atoms with Crippen molar-refractivity contribution in [1.29, 1.82) is 0 Å². The fourth-order valence-electron chi connectivity index (χ4n) is 8.95. The molecule has 6 nitrogen and oxygen atoms in total. The van der Waals surface area contributed by atoms with E-state index in [-0.39, 0.29) is 31.1 Å². The number of esters is 3. The minimum Gasteiger partial charge on any atom is -0.462 e. The maximum absolute atomic E-state index is 12.9. The normalized spacial score (nSPS) is 12.8. The van der Waals surface area contributed by atoms with Crippen molar-refractivity contribution in [2.45, 2.75) is 309 Å². The Labute approximate surface area is 476 Å². The molecule has 0 radical (unpaired) electrons. The summed E-state index contributed by atoms with van der Waals surface area (Å²) >= 11 is 0. The molecule has 0 aliphatic carbocycles. The van der Waals surface area contributed by atoms with Crippen LogP contribution in [0.25, 0.3) is 0 Å². The van der Waals surface area contributed by atoms with Crippen LogP contribution in [-0.2, 0) is 28.6 Å². The average molecular weight is 1070 g/mol. The van der Waals surface area contributed by atoms with Crippen molar-refractivity contribution < 1.29 is 28.6 Å². The van der Waals surface area contributed by atoms with Crippen molar-refractivity contribution in [3.8, 4) is 0 Å². The van der Waals surface area contributed by atoms with Gasteiger partial charge in [0.25, 0.3) is 0 Å². The predicted molar refractivity (Wildman–Crippen MR) is 334 cm³/mol. The van der Waals surface area contributed by atoms with Crippen LogP contribution in [0.15, 0.2) is 109 Å². The Kier molecular flexibility index (Phi) is 61.3. The highest BCUT2D eigenvalue weighted by molar-refractivity contribution is 5.71. The van der Waals surface area contributed by atoms with Crippen molar-refractivity contribution >= 4 is 17.9 Å². The topological polar surface area (TPSA) is 78.9 Å². The first-order valence-electron chi connectivity index (χ1n) is 32.4. The largest absolute Gasteiger partial charge is 0.462 e. The van der Waals surface area contributed by atoms with E-state index in [4.69, 9.17) is 14.2 Å². The summed E-state index contributed by atoms with van der Waals surface area (Å²) in [5.74, 6) is -0.907. The highest BCUT2D eigenvalue weighted by Crippen LogP contribution is 2.16. The van der Waals surface area contributed by atoms with Gasteiger partial charge in [0, 0.05) is 19.3 Å². The quantitative estimate of drug-likeness (QED) is 0.0261. The average Bonchev–Trinajstić information content (AvgIpc) is 3.43. The third-order valence-corrected chi connectivity index (χ3v) is 13.7. The zero-order chi connectivity index (χ0) is 55.7. The minimum absolute atomic E-state index is 0.0877. The van der Waals surface area contributed by atoms with Crippen molar-refractivity contribution in [1.82, 2.24) is 0 Å². The molecule has 0 N–H and O–H groups in total. The van der Waals surface area contributed by atoms with Crippen LogP contribution in [0.4, 0.5) is 0 Å². The predicted octanol–water partition coefficient (Wildman–Crippen LogP) is 22.2. The van der Waals surface area contributed by atoms with E-state index >= 15 is 0 Å². The molecule has 1 unspecified atom stereocenters. The second-order valence-corrected chi connectivity index (χ2v) is 21.3. The zero-order valence-corrected chi connectivity index (χ0v) is 50.4. The van der Waals surface area contributed by atoms with E-state index in [9.17, 15) is 14.4 Å². The molecule has 0 saturated heterocycles. The fourth-order valence-corrected chi connectivity index (χ4v) is 8.95. The molecule has 0 heterocycles. The SMILES string of the molecule is CC/C=C\C/C=C\C/C=C\C/C=C\C/C=C\CCCCCCCCCCCCCCCC(=O)OCC(COC(=O)CCCCCCC/C=C\CCCCCCCC)OC(=O)CCCCCCC/C=C\C/C=C\C/C=C\CC. The van der Waals surface area contributed by atoms with Gasteiger partial charge < -0.3 is 14.2 Å². The molecule has 0 bridgehead atoms. The number of allylic oxidation sites excluding steroid dienone is 18. The summed E-state index contributed by atoms with van der Waals surface area (Å²) in [6.45, 7) is 6.41. The Hall–Kier alpha value is -3.93. The van der Waals surface area contributed by atoms with Gasteiger partial charge in [0.15, 0.2) is 6.10 Å². The first-order valence-corrected chi connectivity index (χ1v) is 32.4. The number of rotatable bonds is 58. The first kappa shape index (κ1) is 73.1. The molecule has 6 heteroatoms. The highest BCUT2D eigenvalue weighted by atomic mass is 16.6. The molecule has 0 saturated carbocycles.